The molecule has 2 heteroatoms. The SMILES string of the molecule is CCNC(CN(CC)c1ccc(C)cc1)C1CCCC1. The van der Waals surface area contributed by atoms with E-state index >= 15 is 0 Å². The predicted molar refractivity (Wildman–Crippen MR) is 88.5 cm³/mol. The molecule has 1 aromatic carbocycles. The Balaban J connectivity index is 2.03. The first-order chi connectivity index (χ1) is 9.74. The molecule has 1 aliphatic carbocycles. The van der Waals surface area contributed by atoms with Gasteiger partial charge < -0.3 is 10.2 Å². The minimum Gasteiger partial charge on any atom is -0.370 e. The van der Waals surface area contributed by atoms with Crippen molar-refractivity contribution in [1.82, 2.24) is 5.32 Å². The van der Waals surface area contributed by atoms with Crippen LogP contribution in [-0.2, 0) is 0 Å². The molecular weight excluding hydrogens is 244 g/mol. The molecule has 1 fully saturated rings. The molecule has 1 aromatic rings. The van der Waals surface area contributed by atoms with Crippen LogP contribution in [0.25, 0.3) is 0 Å². The van der Waals surface area contributed by atoms with Crippen molar-refractivity contribution in [3.8, 4) is 0 Å². The van der Waals surface area contributed by atoms with Gasteiger partial charge in [-0.05, 0) is 51.3 Å². The lowest BCUT2D eigenvalue weighted by Crippen LogP contribution is -2.45. The molecule has 1 N–H and O–H groups in total. The molecule has 0 spiro atoms. The number of anilines is 1. The molecule has 0 aromatic heterocycles. The summed E-state index contributed by atoms with van der Waals surface area (Å²) in [7, 11) is 0. The number of aryl methyl sites for hydroxylation is 1. The number of rotatable bonds is 7. The Bertz CT molecular complexity index is 379. The molecule has 20 heavy (non-hydrogen) atoms. The summed E-state index contributed by atoms with van der Waals surface area (Å²) in [6.07, 6.45) is 5.65. The van der Waals surface area contributed by atoms with Crippen molar-refractivity contribution >= 4 is 5.69 Å². The van der Waals surface area contributed by atoms with Crippen LogP contribution in [0.3, 0.4) is 0 Å². The second-order valence-corrected chi connectivity index (χ2v) is 6.08. The number of nitrogens with one attached hydrogen (secondary N) is 1. The number of hydrogen-bond acceptors (Lipinski definition) is 2. The van der Waals surface area contributed by atoms with Crippen LogP contribution >= 0.6 is 0 Å². The monoisotopic (exact) mass is 274 g/mol. The van der Waals surface area contributed by atoms with Crippen LogP contribution in [0.1, 0.15) is 45.1 Å². The third kappa shape index (κ3) is 3.99. The van der Waals surface area contributed by atoms with Gasteiger partial charge in [0.1, 0.15) is 0 Å². The maximum Gasteiger partial charge on any atom is 0.0366 e. The van der Waals surface area contributed by atoms with Gasteiger partial charge in [0.25, 0.3) is 0 Å². The van der Waals surface area contributed by atoms with E-state index in [9.17, 15) is 0 Å². The van der Waals surface area contributed by atoms with Gasteiger partial charge in [0.15, 0.2) is 0 Å². The molecule has 0 radical (unpaired) electrons. The highest BCUT2D eigenvalue weighted by Crippen LogP contribution is 2.29. The summed E-state index contributed by atoms with van der Waals surface area (Å²) in [4.78, 5) is 2.52. The topological polar surface area (TPSA) is 15.3 Å². The lowest BCUT2D eigenvalue weighted by molar-refractivity contribution is 0.364. The Morgan fingerprint density at radius 2 is 1.80 bits per heavy atom. The van der Waals surface area contributed by atoms with E-state index in [2.05, 4.69) is 55.3 Å². The highest BCUT2D eigenvalue weighted by atomic mass is 15.2. The third-order valence-electron chi connectivity index (χ3n) is 4.63. The lowest BCUT2D eigenvalue weighted by atomic mass is 9.97. The molecule has 0 saturated heterocycles. The second kappa shape index (κ2) is 7.68. The Kier molecular flexibility index (Phi) is 5.90. The molecule has 2 nitrogen and oxygen atoms in total. The summed E-state index contributed by atoms with van der Waals surface area (Å²) in [6.45, 7) is 9.93. The maximum absolute atomic E-state index is 3.73. The van der Waals surface area contributed by atoms with E-state index in [0.29, 0.717) is 6.04 Å². The van der Waals surface area contributed by atoms with Crippen molar-refractivity contribution in [3.05, 3.63) is 29.8 Å². The zero-order valence-electron chi connectivity index (χ0n) is 13.4. The highest BCUT2D eigenvalue weighted by molar-refractivity contribution is 5.47. The van der Waals surface area contributed by atoms with E-state index in [1.165, 1.54) is 36.9 Å². The summed E-state index contributed by atoms with van der Waals surface area (Å²) in [5.41, 5.74) is 2.70. The van der Waals surface area contributed by atoms with Gasteiger partial charge in [0, 0.05) is 24.8 Å². The van der Waals surface area contributed by atoms with Crippen LogP contribution < -0.4 is 10.2 Å². The van der Waals surface area contributed by atoms with Gasteiger partial charge in [-0.1, -0.05) is 37.5 Å². The summed E-state index contributed by atoms with van der Waals surface area (Å²) in [5.74, 6) is 0.870. The Labute approximate surface area is 124 Å². The van der Waals surface area contributed by atoms with Crippen molar-refractivity contribution in [2.24, 2.45) is 5.92 Å². The van der Waals surface area contributed by atoms with Crippen molar-refractivity contribution in [2.75, 3.05) is 24.5 Å². The van der Waals surface area contributed by atoms with Gasteiger partial charge in [0.05, 0.1) is 0 Å². The van der Waals surface area contributed by atoms with Crippen LogP contribution in [0.4, 0.5) is 5.69 Å². The number of likely N-dealkylation sites (N-methyl/N-ethyl adjacent to an activating group) is 2. The van der Waals surface area contributed by atoms with E-state index in [1.54, 1.807) is 0 Å². The first-order valence-electron chi connectivity index (χ1n) is 8.29. The largest absolute Gasteiger partial charge is 0.370 e. The Morgan fingerprint density at radius 3 is 2.35 bits per heavy atom. The van der Waals surface area contributed by atoms with Gasteiger partial charge in [-0.3, -0.25) is 0 Å². The maximum atomic E-state index is 3.73. The molecule has 1 saturated carbocycles. The Hall–Kier alpha value is -1.02. The van der Waals surface area contributed by atoms with Crippen LogP contribution in [0, 0.1) is 12.8 Å². The first-order valence-corrected chi connectivity index (χ1v) is 8.29. The predicted octanol–water partition coefficient (Wildman–Crippen LogP) is 3.99. The van der Waals surface area contributed by atoms with E-state index in [-0.39, 0.29) is 0 Å². The zero-order valence-corrected chi connectivity index (χ0v) is 13.4. The van der Waals surface area contributed by atoms with Crippen molar-refractivity contribution < 1.29 is 0 Å². The van der Waals surface area contributed by atoms with E-state index < -0.39 is 0 Å². The van der Waals surface area contributed by atoms with Crippen LogP contribution in [0.15, 0.2) is 24.3 Å². The number of nitrogens with zero attached hydrogens (tertiary/aromatic N) is 1. The average Bonchev–Trinajstić information content (AvgIpc) is 2.99. The molecule has 1 atom stereocenters. The molecule has 1 unspecified atom stereocenters. The smallest absolute Gasteiger partial charge is 0.0366 e. The third-order valence-corrected chi connectivity index (χ3v) is 4.63. The molecule has 2 rings (SSSR count). The lowest BCUT2D eigenvalue weighted by Gasteiger charge is -2.32. The summed E-state index contributed by atoms with van der Waals surface area (Å²) in [6, 6.07) is 9.60. The summed E-state index contributed by atoms with van der Waals surface area (Å²) >= 11 is 0. The van der Waals surface area contributed by atoms with Crippen molar-refractivity contribution in [3.63, 3.8) is 0 Å². The van der Waals surface area contributed by atoms with Crippen molar-refractivity contribution in [1.29, 1.82) is 0 Å². The Morgan fingerprint density at radius 1 is 1.15 bits per heavy atom. The fraction of sp³-hybridized carbons (Fsp3) is 0.667. The first kappa shape index (κ1) is 15.4. The van der Waals surface area contributed by atoms with Gasteiger partial charge in [0.2, 0.25) is 0 Å². The minimum atomic E-state index is 0.642. The molecule has 112 valence electrons. The van der Waals surface area contributed by atoms with E-state index in [4.69, 9.17) is 0 Å². The summed E-state index contributed by atoms with van der Waals surface area (Å²) in [5, 5.41) is 3.73. The molecular formula is C18H30N2. The fourth-order valence-electron chi connectivity index (χ4n) is 3.41. The average molecular weight is 274 g/mol. The molecule has 0 heterocycles. The standard InChI is InChI=1S/C18H30N2/c1-4-19-18(16-8-6-7-9-16)14-20(5-2)17-12-10-15(3)11-13-17/h10-13,16,18-19H,4-9,14H2,1-3H3. The minimum absolute atomic E-state index is 0.642. The highest BCUT2D eigenvalue weighted by Gasteiger charge is 2.25. The normalized spacial score (nSPS) is 17.4. The zero-order chi connectivity index (χ0) is 14.4. The summed E-state index contributed by atoms with van der Waals surface area (Å²) < 4.78 is 0. The van der Waals surface area contributed by atoms with Gasteiger partial charge >= 0.3 is 0 Å². The number of benzene rings is 1. The van der Waals surface area contributed by atoms with Gasteiger partial charge in [-0.2, -0.15) is 0 Å². The molecule has 0 aliphatic heterocycles. The molecule has 1 aliphatic rings. The van der Waals surface area contributed by atoms with Crippen molar-refractivity contribution in [2.45, 2.75) is 52.5 Å². The quantitative estimate of drug-likeness (QED) is 0.809. The molecule has 0 bridgehead atoms. The van der Waals surface area contributed by atoms with Gasteiger partial charge in [-0.15, -0.1) is 0 Å². The number of hydrogen-bond donors (Lipinski definition) is 1. The van der Waals surface area contributed by atoms with Crippen LogP contribution in [0.5, 0.6) is 0 Å². The van der Waals surface area contributed by atoms with E-state index in [0.717, 1.165) is 25.6 Å². The van der Waals surface area contributed by atoms with Crippen LogP contribution in [-0.4, -0.2) is 25.7 Å². The second-order valence-electron chi connectivity index (χ2n) is 6.08. The van der Waals surface area contributed by atoms with Gasteiger partial charge in [-0.25, -0.2) is 0 Å². The molecule has 0 amide bonds. The van der Waals surface area contributed by atoms with Crippen LogP contribution in [0.2, 0.25) is 0 Å². The van der Waals surface area contributed by atoms with E-state index in [1.807, 2.05) is 0 Å². The fourth-order valence-corrected chi connectivity index (χ4v) is 3.41.